The van der Waals surface area contributed by atoms with Crippen molar-refractivity contribution >= 4 is 5.97 Å². The Hall–Kier alpha value is -1.51. The van der Waals surface area contributed by atoms with E-state index >= 15 is 0 Å². The molecule has 1 N–H and O–H groups in total. The van der Waals surface area contributed by atoms with E-state index in [-0.39, 0.29) is 5.97 Å². The fourth-order valence-electron chi connectivity index (χ4n) is 1.96. The largest absolute Gasteiger partial charge is 0.508 e. The van der Waals surface area contributed by atoms with Gasteiger partial charge in [0.15, 0.2) is 0 Å². The molecule has 0 aromatic heterocycles. The molecule has 0 saturated heterocycles. The predicted octanol–water partition coefficient (Wildman–Crippen LogP) is 2.84. The summed E-state index contributed by atoms with van der Waals surface area (Å²) in [6.07, 6.45) is 4.70. The maximum atomic E-state index is 9.82. The molecule has 1 aliphatic rings. The zero-order valence-electron chi connectivity index (χ0n) is 10.5. The molecule has 3 nitrogen and oxygen atoms in total. The Balaban J connectivity index is 0.000000209. The second kappa shape index (κ2) is 6.94. The van der Waals surface area contributed by atoms with Crippen LogP contribution in [0.25, 0.3) is 0 Å². The van der Waals surface area contributed by atoms with Gasteiger partial charge >= 0.3 is 5.97 Å². The Bertz CT molecular complexity index is 372. The molecule has 0 aliphatic heterocycles. The molecule has 2 rings (SSSR count). The van der Waals surface area contributed by atoms with Crippen molar-refractivity contribution in [2.75, 3.05) is 6.61 Å². The molecular formula is C14H20O3. The normalized spacial score (nSPS) is 13.1. The van der Waals surface area contributed by atoms with Gasteiger partial charge in [-0.25, -0.2) is 0 Å². The van der Waals surface area contributed by atoms with E-state index in [1.165, 1.54) is 30.9 Å². The van der Waals surface area contributed by atoms with Crippen molar-refractivity contribution in [3.05, 3.63) is 29.3 Å². The van der Waals surface area contributed by atoms with Gasteiger partial charge in [-0.3, -0.25) is 4.79 Å². The second-order valence-corrected chi connectivity index (χ2v) is 4.05. The van der Waals surface area contributed by atoms with Gasteiger partial charge in [-0.15, -0.1) is 0 Å². The summed E-state index contributed by atoms with van der Waals surface area (Å²) < 4.78 is 4.40. The molecular weight excluding hydrogens is 216 g/mol. The SMILES string of the molecule is CCOC(C)=O.Oc1cccc2c1CCCC2. The van der Waals surface area contributed by atoms with Gasteiger partial charge in [-0.1, -0.05) is 12.1 Å². The van der Waals surface area contributed by atoms with Crippen molar-refractivity contribution in [3.8, 4) is 5.75 Å². The highest BCUT2D eigenvalue weighted by Crippen LogP contribution is 2.27. The third-order valence-electron chi connectivity index (χ3n) is 2.72. The number of carbonyl (C=O) groups excluding carboxylic acids is 1. The molecule has 0 spiro atoms. The van der Waals surface area contributed by atoms with Crippen LogP contribution < -0.4 is 0 Å². The van der Waals surface area contributed by atoms with E-state index in [1.807, 2.05) is 6.07 Å². The van der Waals surface area contributed by atoms with Gasteiger partial charge in [0.05, 0.1) is 6.61 Å². The van der Waals surface area contributed by atoms with Crippen LogP contribution in [0, 0.1) is 0 Å². The van der Waals surface area contributed by atoms with Crippen LogP contribution in [0.5, 0.6) is 5.75 Å². The number of aromatic hydroxyl groups is 1. The summed E-state index contributed by atoms with van der Waals surface area (Å²) in [6.45, 7) is 3.65. The molecule has 1 aromatic carbocycles. The summed E-state index contributed by atoms with van der Waals surface area (Å²) in [5, 5.41) is 9.46. The Morgan fingerprint density at radius 3 is 2.59 bits per heavy atom. The van der Waals surface area contributed by atoms with Gasteiger partial charge < -0.3 is 9.84 Å². The van der Waals surface area contributed by atoms with Gasteiger partial charge in [-0.05, 0) is 49.8 Å². The Morgan fingerprint density at radius 2 is 2.06 bits per heavy atom. The highest BCUT2D eigenvalue weighted by Gasteiger charge is 2.11. The zero-order chi connectivity index (χ0) is 12.7. The van der Waals surface area contributed by atoms with Crippen LogP contribution in [0.15, 0.2) is 18.2 Å². The van der Waals surface area contributed by atoms with Crippen LogP contribution in [0.3, 0.4) is 0 Å². The van der Waals surface area contributed by atoms with Crippen LogP contribution in [0.4, 0.5) is 0 Å². The Kier molecular flexibility index (Phi) is 5.53. The molecule has 94 valence electrons. The summed E-state index contributed by atoms with van der Waals surface area (Å²) in [4.78, 5) is 9.82. The summed E-state index contributed by atoms with van der Waals surface area (Å²) in [5.41, 5.74) is 2.52. The number of benzene rings is 1. The summed E-state index contributed by atoms with van der Waals surface area (Å²) in [6, 6.07) is 5.83. The van der Waals surface area contributed by atoms with Gasteiger partial charge in [0.1, 0.15) is 5.75 Å². The predicted molar refractivity (Wildman–Crippen MR) is 67.1 cm³/mol. The van der Waals surface area contributed by atoms with Crippen molar-refractivity contribution in [2.24, 2.45) is 0 Å². The van der Waals surface area contributed by atoms with E-state index in [9.17, 15) is 9.90 Å². The maximum Gasteiger partial charge on any atom is 0.302 e. The monoisotopic (exact) mass is 236 g/mol. The van der Waals surface area contributed by atoms with E-state index in [0.717, 1.165) is 12.8 Å². The number of ether oxygens (including phenoxy) is 1. The maximum absolute atomic E-state index is 9.82. The Labute approximate surface area is 102 Å². The number of rotatable bonds is 1. The molecule has 0 atom stereocenters. The molecule has 0 unspecified atom stereocenters. The first-order valence-corrected chi connectivity index (χ1v) is 6.08. The number of esters is 1. The molecule has 0 fully saturated rings. The van der Waals surface area contributed by atoms with Crippen molar-refractivity contribution in [1.82, 2.24) is 0 Å². The number of hydrogen-bond acceptors (Lipinski definition) is 3. The van der Waals surface area contributed by atoms with Gasteiger partial charge in [0, 0.05) is 6.92 Å². The number of phenolic OH excluding ortho intramolecular Hbond substituents is 1. The van der Waals surface area contributed by atoms with Crippen molar-refractivity contribution in [2.45, 2.75) is 39.5 Å². The molecule has 0 amide bonds. The first-order valence-electron chi connectivity index (χ1n) is 6.08. The fourth-order valence-corrected chi connectivity index (χ4v) is 1.96. The number of fused-ring (bicyclic) bond motifs is 1. The number of aryl methyl sites for hydroxylation is 1. The lowest BCUT2D eigenvalue weighted by Gasteiger charge is -2.15. The Morgan fingerprint density at radius 1 is 1.35 bits per heavy atom. The van der Waals surface area contributed by atoms with E-state index < -0.39 is 0 Å². The molecule has 1 aromatic rings. The highest BCUT2D eigenvalue weighted by molar-refractivity contribution is 5.65. The van der Waals surface area contributed by atoms with Crippen LogP contribution in [-0.2, 0) is 22.4 Å². The number of phenols is 1. The third-order valence-corrected chi connectivity index (χ3v) is 2.72. The summed E-state index contributed by atoms with van der Waals surface area (Å²) in [7, 11) is 0. The zero-order valence-corrected chi connectivity index (χ0v) is 10.5. The first kappa shape index (κ1) is 13.6. The molecule has 0 bridgehead atoms. The average Bonchev–Trinajstić information content (AvgIpc) is 2.30. The quantitative estimate of drug-likeness (QED) is 0.763. The van der Waals surface area contributed by atoms with E-state index in [2.05, 4.69) is 10.8 Å². The van der Waals surface area contributed by atoms with Crippen LogP contribution in [0.2, 0.25) is 0 Å². The van der Waals surface area contributed by atoms with Gasteiger partial charge in [-0.2, -0.15) is 0 Å². The highest BCUT2D eigenvalue weighted by atomic mass is 16.5. The van der Waals surface area contributed by atoms with E-state index in [1.54, 1.807) is 13.0 Å². The lowest BCUT2D eigenvalue weighted by molar-refractivity contribution is -0.140. The van der Waals surface area contributed by atoms with E-state index in [0.29, 0.717) is 12.4 Å². The second-order valence-electron chi connectivity index (χ2n) is 4.05. The minimum atomic E-state index is -0.211. The average molecular weight is 236 g/mol. The van der Waals surface area contributed by atoms with Crippen molar-refractivity contribution < 1.29 is 14.6 Å². The molecule has 3 heteroatoms. The third kappa shape index (κ3) is 4.47. The molecule has 0 heterocycles. The van der Waals surface area contributed by atoms with Crippen LogP contribution in [0.1, 0.15) is 37.8 Å². The van der Waals surface area contributed by atoms with Gasteiger partial charge in [0.2, 0.25) is 0 Å². The number of hydrogen-bond donors (Lipinski definition) is 1. The smallest absolute Gasteiger partial charge is 0.302 e. The minimum absolute atomic E-state index is 0.211. The van der Waals surface area contributed by atoms with Gasteiger partial charge in [0.25, 0.3) is 0 Å². The van der Waals surface area contributed by atoms with Crippen molar-refractivity contribution in [1.29, 1.82) is 0 Å². The molecule has 1 aliphatic carbocycles. The standard InChI is InChI=1S/C10H12O.C4H8O2/c11-10-7-3-5-8-4-1-2-6-9(8)10;1-3-6-4(2)5/h3,5,7,11H,1-2,4,6H2;3H2,1-2H3. The van der Waals surface area contributed by atoms with Crippen LogP contribution in [-0.4, -0.2) is 17.7 Å². The van der Waals surface area contributed by atoms with Crippen molar-refractivity contribution in [3.63, 3.8) is 0 Å². The molecule has 17 heavy (non-hydrogen) atoms. The minimum Gasteiger partial charge on any atom is -0.508 e. The summed E-state index contributed by atoms with van der Waals surface area (Å²) in [5.74, 6) is 0.278. The molecule has 0 radical (unpaired) electrons. The number of carbonyl (C=O) groups is 1. The first-order chi connectivity index (χ1) is 8.15. The lowest BCUT2D eigenvalue weighted by atomic mass is 9.91. The van der Waals surface area contributed by atoms with Crippen LogP contribution >= 0.6 is 0 Å². The topological polar surface area (TPSA) is 46.5 Å². The van der Waals surface area contributed by atoms with E-state index in [4.69, 9.17) is 0 Å². The lowest BCUT2D eigenvalue weighted by Crippen LogP contribution is -2.01. The fraction of sp³-hybridized carbons (Fsp3) is 0.500. The summed E-state index contributed by atoms with van der Waals surface area (Å²) >= 11 is 0. The molecule has 0 saturated carbocycles.